The van der Waals surface area contributed by atoms with E-state index in [0.717, 1.165) is 16.5 Å². The van der Waals surface area contributed by atoms with Crippen LogP contribution in [0.25, 0.3) is 0 Å². The third-order valence-corrected chi connectivity index (χ3v) is 2.94. The molecule has 0 aromatic carbocycles. The predicted molar refractivity (Wildman–Crippen MR) is 60.1 cm³/mol. The molecule has 0 radical (unpaired) electrons. The van der Waals surface area contributed by atoms with Crippen molar-refractivity contribution in [1.82, 2.24) is 9.36 Å². The molecule has 0 unspecified atom stereocenters. The number of rotatable bonds is 3. The highest BCUT2D eigenvalue weighted by Gasteiger charge is 2.10. The smallest absolute Gasteiger partial charge is 0.213 e. The molecule has 0 aliphatic carbocycles. The van der Waals surface area contributed by atoms with Gasteiger partial charge < -0.3 is 9.73 Å². The van der Waals surface area contributed by atoms with Crippen LogP contribution in [0, 0.1) is 25.2 Å². The Morgan fingerprint density at radius 3 is 3.00 bits per heavy atom. The van der Waals surface area contributed by atoms with Gasteiger partial charge in [-0.05, 0) is 25.4 Å². The van der Waals surface area contributed by atoms with E-state index in [-0.39, 0.29) is 0 Å². The Bertz CT molecular complexity index is 537. The van der Waals surface area contributed by atoms with Crippen molar-refractivity contribution in [3.05, 3.63) is 29.1 Å². The number of aromatic nitrogens is 2. The molecule has 2 heterocycles. The van der Waals surface area contributed by atoms with E-state index in [9.17, 15) is 0 Å². The maximum atomic E-state index is 8.93. The van der Waals surface area contributed by atoms with Gasteiger partial charge in [0.25, 0.3) is 0 Å². The molecule has 0 fully saturated rings. The number of nitrogens with one attached hydrogen (secondary N) is 1. The van der Waals surface area contributed by atoms with E-state index < -0.39 is 0 Å². The van der Waals surface area contributed by atoms with Crippen LogP contribution >= 0.6 is 11.5 Å². The lowest BCUT2D eigenvalue weighted by Gasteiger charge is -1.99. The van der Waals surface area contributed by atoms with Gasteiger partial charge in [0, 0.05) is 0 Å². The van der Waals surface area contributed by atoms with Crippen molar-refractivity contribution in [3.63, 3.8) is 0 Å². The summed E-state index contributed by atoms with van der Waals surface area (Å²) >= 11 is 1.27. The lowest BCUT2D eigenvalue weighted by atomic mass is 10.3. The molecular weight excluding hydrogens is 224 g/mol. The van der Waals surface area contributed by atoms with Crippen molar-refractivity contribution in [2.24, 2.45) is 0 Å². The van der Waals surface area contributed by atoms with E-state index in [1.54, 1.807) is 6.20 Å². The summed E-state index contributed by atoms with van der Waals surface area (Å²) in [5.41, 5.74) is 1.34. The van der Waals surface area contributed by atoms with Gasteiger partial charge in [-0.1, -0.05) is 0 Å². The topological polar surface area (TPSA) is 74.7 Å². The second kappa shape index (κ2) is 4.33. The lowest BCUT2D eigenvalue weighted by Crippen LogP contribution is -1.99. The largest absolute Gasteiger partial charge is 0.444 e. The summed E-state index contributed by atoms with van der Waals surface area (Å²) in [6, 6.07) is 2.12. The predicted octanol–water partition coefficient (Wildman–Crippen LogP) is 2.23. The van der Waals surface area contributed by atoms with E-state index in [4.69, 9.17) is 9.68 Å². The summed E-state index contributed by atoms with van der Waals surface area (Å²) in [5, 5.41) is 12.8. The summed E-state index contributed by atoms with van der Waals surface area (Å²) < 4.78 is 9.42. The Kier molecular flexibility index (Phi) is 2.88. The van der Waals surface area contributed by atoms with Gasteiger partial charge in [-0.15, -0.1) is 0 Å². The average Bonchev–Trinajstić information content (AvgIpc) is 2.82. The first-order valence-corrected chi connectivity index (χ1v) is 5.49. The molecule has 1 N–H and O–H groups in total. The fraction of sp³-hybridized carbons (Fsp3) is 0.300. The molecule has 2 rings (SSSR count). The first-order chi connectivity index (χ1) is 7.70. The number of oxazole rings is 1. The summed E-state index contributed by atoms with van der Waals surface area (Å²) in [7, 11) is 0. The van der Waals surface area contributed by atoms with Crippen molar-refractivity contribution in [3.8, 4) is 6.07 Å². The maximum absolute atomic E-state index is 8.93. The molecular formula is C10H10N4OS. The average molecular weight is 234 g/mol. The minimum Gasteiger partial charge on any atom is -0.444 e. The Balaban J connectivity index is 2.08. The van der Waals surface area contributed by atoms with Crippen molar-refractivity contribution < 1.29 is 4.42 Å². The second-order valence-electron chi connectivity index (χ2n) is 3.30. The van der Waals surface area contributed by atoms with Crippen molar-refractivity contribution in [2.45, 2.75) is 20.4 Å². The quantitative estimate of drug-likeness (QED) is 0.881. The van der Waals surface area contributed by atoms with Crippen LogP contribution in [0.5, 0.6) is 0 Å². The Morgan fingerprint density at radius 2 is 2.38 bits per heavy atom. The number of aryl methyl sites for hydroxylation is 2. The molecule has 16 heavy (non-hydrogen) atoms. The van der Waals surface area contributed by atoms with Crippen molar-refractivity contribution in [2.75, 3.05) is 5.32 Å². The number of nitrogens with zero attached hydrogens (tertiary/aromatic N) is 3. The minimum atomic E-state index is 0.462. The molecule has 0 aliphatic rings. The van der Waals surface area contributed by atoms with Crippen LogP contribution in [0.2, 0.25) is 0 Å². The fourth-order valence-electron chi connectivity index (χ4n) is 1.26. The van der Waals surface area contributed by atoms with E-state index in [0.29, 0.717) is 18.0 Å². The van der Waals surface area contributed by atoms with E-state index in [2.05, 4.69) is 20.7 Å². The molecule has 0 aliphatic heterocycles. The van der Waals surface area contributed by atoms with Gasteiger partial charge in [-0.2, -0.15) is 9.64 Å². The van der Waals surface area contributed by atoms with Gasteiger partial charge >= 0.3 is 0 Å². The highest BCUT2D eigenvalue weighted by atomic mass is 32.1. The maximum Gasteiger partial charge on any atom is 0.213 e. The number of hydrogen-bond donors (Lipinski definition) is 1. The molecule has 0 saturated heterocycles. The molecule has 0 amide bonds. The molecule has 2 aromatic rings. The molecule has 82 valence electrons. The van der Waals surface area contributed by atoms with Crippen LogP contribution in [0.3, 0.4) is 0 Å². The number of hydrogen-bond acceptors (Lipinski definition) is 6. The zero-order chi connectivity index (χ0) is 11.5. The van der Waals surface area contributed by atoms with Gasteiger partial charge in [-0.3, -0.25) is 0 Å². The molecule has 2 aromatic heterocycles. The Hall–Kier alpha value is -1.87. The summed E-state index contributed by atoms with van der Waals surface area (Å²) in [5.74, 6) is 1.38. The second-order valence-corrected chi connectivity index (χ2v) is 4.08. The van der Waals surface area contributed by atoms with Gasteiger partial charge in [0.2, 0.25) is 5.89 Å². The molecule has 0 spiro atoms. The first kappa shape index (κ1) is 10.6. The van der Waals surface area contributed by atoms with E-state index in [1.165, 1.54) is 11.5 Å². The lowest BCUT2D eigenvalue weighted by molar-refractivity contribution is 0.479. The minimum absolute atomic E-state index is 0.462. The van der Waals surface area contributed by atoms with Gasteiger partial charge in [0.05, 0.1) is 18.4 Å². The Labute approximate surface area is 96.9 Å². The monoisotopic (exact) mass is 234 g/mol. The molecule has 0 bridgehead atoms. The summed E-state index contributed by atoms with van der Waals surface area (Å²) in [4.78, 5) is 4.07. The Morgan fingerprint density at radius 1 is 1.56 bits per heavy atom. The zero-order valence-electron chi connectivity index (χ0n) is 8.94. The standard InChI is InChI=1S/C10H10N4OS/c1-6-4-12-9(15-6)5-13-10-8(3-11)7(2)14-16-10/h4,13H,5H2,1-2H3. The molecule has 5 nitrogen and oxygen atoms in total. The summed E-state index contributed by atoms with van der Waals surface area (Å²) in [6.45, 7) is 4.12. The molecule has 0 saturated carbocycles. The highest BCUT2D eigenvalue weighted by Crippen LogP contribution is 2.23. The van der Waals surface area contributed by atoms with Gasteiger partial charge in [-0.25, -0.2) is 4.98 Å². The third kappa shape index (κ3) is 2.04. The summed E-state index contributed by atoms with van der Waals surface area (Å²) in [6.07, 6.45) is 1.67. The molecule has 6 heteroatoms. The van der Waals surface area contributed by atoms with Crippen LogP contribution < -0.4 is 5.32 Å². The fourth-order valence-corrected chi connectivity index (χ4v) is 2.00. The highest BCUT2D eigenvalue weighted by molar-refractivity contribution is 7.10. The third-order valence-electron chi connectivity index (χ3n) is 2.04. The first-order valence-electron chi connectivity index (χ1n) is 4.72. The molecule has 0 atom stereocenters. The van der Waals surface area contributed by atoms with Crippen molar-refractivity contribution >= 4 is 16.5 Å². The van der Waals surface area contributed by atoms with Crippen LogP contribution in [-0.2, 0) is 6.54 Å². The number of anilines is 1. The van der Waals surface area contributed by atoms with Crippen LogP contribution in [0.1, 0.15) is 22.9 Å². The van der Waals surface area contributed by atoms with E-state index in [1.807, 2.05) is 13.8 Å². The van der Waals surface area contributed by atoms with Gasteiger partial charge in [0.1, 0.15) is 22.4 Å². The van der Waals surface area contributed by atoms with Crippen LogP contribution in [0.15, 0.2) is 10.6 Å². The van der Waals surface area contributed by atoms with Gasteiger partial charge in [0.15, 0.2) is 0 Å². The zero-order valence-corrected chi connectivity index (χ0v) is 9.76. The van der Waals surface area contributed by atoms with Crippen LogP contribution in [0.4, 0.5) is 5.00 Å². The van der Waals surface area contributed by atoms with E-state index >= 15 is 0 Å². The van der Waals surface area contributed by atoms with Crippen molar-refractivity contribution in [1.29, 1.82) is 5.26 Å². The SMILES string of the molecule is Cc1cnc(CNc2snc(C)c2C#N)o1. The van der Waals surface area contributed by atoms with Crippen LogP contribution in [-0.4, -0.2) is 9.36 Å². The number of nitriles is 1. The normalized spacial score (nSPS) is 10.1.